The van der Waals surface area contributed by atoms with Crippen molar-refractivity contribution in [3.8, 4) is 11.5 Å². The molecule has 0 N–H and O–H groups in total. The molecule has 0 bridgehead atoms. The molecule has 4 rings (SSSR count). The van der Waals surface area contributed by atoms with Gasteiger partial charge in [0, 0.05) is 0 Å². The molecule has 0 aromatic heterocycles. The molecule has 3 aromatic rings. The van der Waals surface area contributed by atoms with Crippen LogP contribution in [0, 0.1) is 0 Å². The fraction of sp³-hybridized carbons (Fsp3) is 0.0417. The summed E-state index contributed by atoms with van der Waals surface area (Å²) in [6.07, 6.45) is 1.73. The zero-order valence-corrected chi connectivity index (χ0v) is 20.2. The molecule has 0 unspecified atom stereocenters. The molecule has 1 fully saturated rings. The Morgan fingerprint density at radius 1 is 0.970 bits per heavy atom. The molecule has 1 aliphatic heterocycles. The highest BCUT2D eigenvalue weighted by atomic mass is 35.5. The fourth-order valence-electron chi connectivity index (χ4n) is 2.99. The molecule has 1 amide bonds. The topological polar surface area (TPSA) is 55.8 Å². The lowest BCUT2D eigenvalue weighted by Crippen LogP contribution is -2.27. The molecular weight excluding hydrogens is 501 g/mol. The Morgan fingerprint density at radius 2 is 1.64 bits per heavy atom. The number of amides is 1. The zero-order chi connectivity index (χ0) is 23.5. The van der Waals surface area contributed by atoms with Crippen LogP contribution in [0.2, 0.25) is 10.0 Å². The van der Waals surface area contributed by atoms with E-state index in [1.807, 2.05) is 0 Å². The van der Waals surface area contributed by atoms with E-state index in [-0.39, 0.29) is 5.91 Å². The van der Waals surface area contributed by atoms with Gasteiger partial charge in [-0.3, -0.25) is 9.69 Å². The van der Waals surface area contributed by atoms with E-state index in [1.165, 1.54) is 16.7 Å². The Kier molecular flexibility index (Phi) is 7.05. The van der Waals surface area contributed by atoms with Crippen LogP contribution in [0.5, 0.6) is 11.5 Å². The predicted molar refractivity (Wildman–Crippen MR) is 137 cm³/mol. The number of thiocarbonyl (C=S) groups is 1. The largest absolute Gasteiger partial charge is 0.497 e. The third-order valence-electron chi connectivity index (χ3n) is 4.67. The summed E-state index contributed by atoms with van der Waals surface area (Å²) in [7, 11) is 1.56. The Labute approximate surface area is 209 Å². The van der Waals surface area contributed by atoms with Crippen LogP contribution in [0.4, 0.5) is 5.69 Å². The standard InChI is InChI=1S/C24H15Cl2NO4S2/c1-30-17-9-4-15(5-10-17)23(29)31-18-7-2-14(3-8-18)12-21-22(28)27(24(32)33-21)16-6-11-19(25)20(26)13-16/h2-13H,1H3/b21-12-. The SMILES string of the molecule is COc1ccc(C(=O)Oc2ccc(/C=C3\SC(=S)N(c4ccc(Cl)c(Cl)c4)C3=O)cc2)cc1. The lowest BCUT2D eigenvalue weighted by Gasteiger charge is -2.15. The summed E-state index contributed by atoms with van der Waals surface area (Å²) in [4.78, 5) is 27.1. The van der Waals surface area contributed by atoms with Crippen LogP contribution in [0.1, 0.15) is 15.9 Å². The highest BCUT2D eigenvalue weighted by molar-refractivity contribution is 8.27. The molecule has 1 saturated heterocycles. The monoisotopic (exact) mass is 515 g/mol. The smallest absolute Gasteiger partial charge is 0.343 e. The summed E-state index contributed by atoms with van der Waals surface area (Å²) in [5.41, 5.74) is 1.72. The molecule has 33 heavy (non-hydrogen) atoms. The van der Waals surface area contributed by atoms with Gasteiger partial charge >= 0.3 is 5.97 Å². The van der Waals surface area contributed by atoms with Gasteiger partial charge in [0.2, 0.25) is 0 Å². The van der Waals surface area contributed by atoms with Crippen molar-refractivity contribution in [2.75, 3.05) is 12.0 Å². The van der Waals surface area contributed by atoms with Crippen molar-refractivity contribution in [3.63, 3.8) is 0 Å². The fourth-order valence-corrected chi connectivity index (χ4v) is 4.58. The minimum atomic E-state index is -0.479. The van der Waals surface area contributed by atoms with Crippen LogP contribution >= 0.6 is 47.2 Å². The number of thioether (sulfide) groups is 1. The molecule has 0 spiro atoms. The van der Waals surface area contributed by atoms with Gasteiger partial charge in [0.1, 0.15) is 11.5 Å². The Morgan fingerprint density at radius 3 is 2.27 bits per heavy atom. The number of ether oxygens (including phenoxy) is 2. The van der Waals surface area contributed by atoms with E-state index in [1.54, 1.807) is 79.9 Å². The van der Waals surface area contributed by atoms with Crippen LogP contribution in [0.25, 0.3) is 6.08 Å². The van der Waals surface area contributed by atoms with Gasteiger partial charge in [-0.1, -0.05) is 59.3 Å². The first kappa shape index (κ1) is 23.3. The molecule has 0 radical (unpaired) electrons. The summed E-state index contributed by atoms with van der Waals surface area (Å²) in [6, 6.07) is 18.4. The highest BCUT2D eigenvalue weighted by Crippen LogP contribution is 2.38. The number of esters is 1. The summed E-state index contributed by atoms with van der Waals surface area (Å²) in [6.45, 7) is 0. The van der Waals surface area contributed by atoms with E-state index in [2.05, 4.69) is 0 Å². The number of carbonyl (C=O) groups is 2. The van der Waals surface area contributed by atoms with Crippen molar-refractivity contribution in [1.82, 2.24) is 0 Å². The number of nitrogens with zero attached hydrogens (tertiary/aromatic N) is 1. The van der Waals surface area contributed by atoms with Gasteiger partial charge in [-0.05, 0) is 66.2 Å². The van der Waals surface area contributed by atoms with Crippen molar-refractivity contribution in [2.24, 2.45) is 0 Å². The Balaban J connectivity index is 1.47. The number of anilines is 1. The normalized spacial score (nSPS) is 14.6. The van der Waals surface area contributed by atoms with E-state index in [9.17, 15) is 9.59 Å². The zero-order valence-electron chi connectivity index (χ0n) is 17.1. The summed E-state index contributed by atoms with van der Waals surface area (Å²) < 4.78 is 10.9. The van der Waals surface area contributed by atoms with Gasteiger partial charge in [-0.15, -0.1) is 0 Å². The van der Waals surface area contributed by atoms with Crippen molar-refractivity contribution in [2.45, 2.75) is 0 Å². The number of hydrogen-bond acceptors (Lipinski definition) is 6. The maximum Gasteiger partial charge on any atom is 0.343 e. The van der Waals surface area contributed by atoms with Gasteiger partial charge in [-0.25, -0.2) is 4.79 Å². The highest BCUT2D eigenvalue weighted by Gasteiger charge is 2.33. The molecule has 1 heterocycles. The second-order valence-corrected chi connectivity index (χ2v) is 9.29. The molecule has 0 atom stereocenters. The number of hydrogen-bond donors (Lipinski definition) is 0. The molecule has 5 nitrogen and oxygen atoms in total. The third-order valence-corrected chi connectivity index (χ3v) is 6.71. The molecule has 0 saturated carbocycles. The Hall–Kier alpha value is -2.84. The number of benzene rings is 3. The minimum absolute atomic E-state index is 0.251. The van der Waals surface area contributed by atoms with Gasteiger partial charge < -0.3 is 9.47 Å². The van der Waals surface area contributed by atoms with E-state index in [0.29, 0.717) is 42.0 Å². The molecule has 166 valence electrons. The van der Waals surface area contributed by atoms with Crippen LogP contribution < -0.4 is 14.4 Å². The van der Waals surface area contributed by atoms with Crippen molar-refractivity contribution in [1.29, 1.82) is 0 Å². The van der Waals surface area contributed by atoms with Gasteiger partial charge in [0.25, 0.3) is 5.91 Å². The second-order valence-electron chi connectivity index (χ2n) is 6.80. The van der Waals surface area contributed by atoms with Crippen molar-refractivity contribution in [3.05, 3.63) is 92.8 Å². The van der Waals surface area contributed by atoms with Gasteiger partial charge in [-0.2, -0.15) is 0 Å². The first-order valence-corrected chi connectivity index (χ1v) is 11.5. The quantitative estimate of drug-likeness (QED) is 0.164. The lowest BCUT2D eigenvalue weighted by molar-refractivity contribution is -0.113. The average Bonchev–Trinajstić information content (AvgIpc) is 3.09. The van der Waals surface area contributed by atoms with Gasteiger partial charge in [0.05, 0.1) is 33.3 Å². The Bertz CT molecular complexity index is 1270. The molecule has 9 heteroatoms. The van der Waals surface area contributed by atoms with Crippen LogP contribution in [0.15, 0.2) is 71.6 Å². The van der Waals surface area contributed by atoms with E-state index in [0.717, 1.165) is 5.56 Å². The number of methoxy groups -OCH3 is 1. The van der Waals surface area contributed by atoms with E-state index < -0.39 is 5.97 Å². The molecule has 3 aromatic carbocycles. The van der Waals surface area contributed by atoms with E-state index >= 15 is 0 Å². The van der Waals surface area contributed by atoms with Crippen molar-refractivity contribution >= 4 is 75.1 Å². The summed E-state index contributed by atoms with van der Waals surface area (Å²) in [5.74, 6) is 0.308. The first-order valence-electron chi connectivity index (χ1n) is 9.55. The summed E-state index contributed by atoms with van der Waals surface area (Å²) in [5, 5.41) is 0.737. The number of rotatable bonds is 5. The van der Waals surface area contributed by atoms with Gasteiger partial charge in [0.15, 0.2) is 4.32 Å². The molecular formula is C24H15Cl2NO4S2. The second kappa shape index (κ2) is 9.97. The lowest BCUT2D eigenvalue weighted by atomic mass is 10.2. The molecule has 0 aliphatic carbocycles. The average molecular weight is 516 g/mol. The minimum Gasteiger partial charge on any atom is -0.497 e. The van der Waals surface area contributed by atoms with Crippen molar-refractivity contribution < 1.29 is 19.1 Å². The van der Waals surface area contributed by atoms with Crippen LogP contribution in [-0.4, -0.2) is 23.3 Å². The summed E-state index contributed by atoms with van der Waals surface area (Å²) >= 11 is 18.6. The maximum absolute atomic E-state index is 12.9. The van der Waals surface area contributed by atoms with Crippen LogP contribution in [-0.2, 0) is 4.79 Å². The third kappa shape index (κ3) is 5.23. The maximum atomic E-state index is 12.9. The van der Waals surface area contributed by atoms with E-state index in [4.69, 9.17) is 44.9 Å². The van der Waals surface area contributed by atoms with Crippen LogP contribution in [0.3, 0.4) is 0 Å². The first-order chi connectivity index (χ1) is 15.9. The molecule has 1 aliphatic rings. The number of halogens is 2. The number of carbonyl (C=O) groups excluding carboxylic acids is 2. The predicted octanol–water partition coefficient (Wildman–Crippen LogP) is 6.63.